The van der Waals surface area contributed by atoms with E-state index in [4.69, 9.17) is 0 Å². The van der Waals surface area contributed by atoms with Crippen LogP contribution in [0, 0.1) is 40.9 Å². The molecule has 0 aliphatic heterocycles. The van der Waals surface area contributed by atoms with Gasteiger partial charge < -0.3 is 5.11 Å². The molecule has 148 valence electrons. The van der Waals surface area contributed by atoms with Crippen LogP contribution in [0.4, 0.5) is 0 Å². The van der Waals surface area contributed by atoms with E-state index in [0.29, 0.717) is 11.7 Å². The second-order valence-electron chi connectivity index (χ2n) is 10.6. The number of carbonyl (C=O) groups excluding carboxylic acids is 1. The molecule has 8 atom stereocenters. The van der Waals surface area contributed by atoms with E-state index in [1.165, 1.54) is 49.9 Å². The molecule has 0 bridgehead atoms. The minimum absolute atomic E-state index is 0.177. The normalized spacial score (nSPS) is 49.1. The fraction of sp³-hybridized carbons (Fsp3) is 0.826. The summed E-state index contributed by atoms with van der Waals surface area (Å²) in [6.45, 7) is 4.47. The first-order valence-electron chi connectivity index (χ1n) is 11.1. The average Bonchev–Trinajstić information content (AvgIpc) is 3.27. The summed E-state index contributed by atoms with van der Waals surface area (Å²) in [5.74, 6) is 4.41. The molecule has 0 aromatic carbocycles. The van der Waals surface area contributed by atoms with E-state index >= 15 is 0 Å². The number of nitrogens with zero attached hydrogens (tertiary/aromatic N) is 1. The maximum absolute atomic E-state index is 13.1. The van der Waals surface area contributed by atoms with Gasteiger partial charge in [0.2, 0.25) is 0 Å². The number of hydrogen-bond acceptors (Lipinski definition) is 4. The Balaban J connectivity index is 1.37. The Kier molecular flexibility index (Phi) is 4.33. The molecule has 3 nitrogen and oxygen atoms in total. The highest BCUT2D eigenvalue weighted by atomic mass is 32.1. The van der Waals surface area contributed by atoms with Crippen molar-refractivity contribution in [1.82, 2.24) is 4.98 Å². The van der Waals surface area contributed by atoms with Crippen molar-refractivity contribution >= 4 is 17.1 Å². The number of thiazole rings is 1. The smallest absolute Gasteiger partial charge is 0.194 e. The number of hydrogen-bond donors (Lipinski definition) is 1. The summed E-state index contributed by atoms with van der Waals surface area (Å²) in [7, 11) is 0. The monoisotopic (exact) mass is 387 g/mol. The Morgan fingerprint density at radius 3 is 2.67 bits per heavy atom. The lowest BCUT2D eigenvalue weighted by molar-refractivity contribution is -0.0976. The maximum atomic E-state index is 13.1. The van der Waals surface area contributed by atoms with Gasteiger partial charge >= 0.3 is 0 Å². The zero-order chi connectivity index (χ0) is 18.8. The van der Waals surface area contributed by atoms with Crippen molar-refractivity contribution < 1.29 is 9.90 Å². The quantitative estimate of drug-likeness (QED) is 0.696. The number of carbonyl (C=O) groups is 1. The van der Waals surface area contributed by atoms with Crippen molar-refractivity contribution in [2.75, 3.05) is 0 Å². The van der Waals surface area contributed by atoms with Crippen LogP contribution in [0.5, 0.6) is 0 Å². The first-order chi connectivity index (χ1) is 12.9. The molecule has 0 unspecified atom stereocenters. The van der Waals surface area contributed by atoms with Gasteiger partial charge in [0, 0.05) is 17.5 Å². The molecule has 4 heteroatoms. The van der Waals surface area contributed by atoms with Crippen LogP contribution >= 0.6 is 11.3 Å². The van der Waals surface area contributed by atoms with Crippen molar-refractivity contribution in [3.8, 4) is 0 Å². The van der Waals surface area contributed by atoms with E-state index in [9.17, 15) is 9.90 Å². The summed E-state index contributed by atoms with van der Waals surface area (Å²) in [5.41, 5.74) is -0.257. The fourth-order valence-corrected chi connectivity index (χ4v) is 8.64. The van der Waals surface area contributed by atoms with Gasteiger partial charge in [-0.2, -0.15) is 0 Å². The molecule has 1 heterocycles. The molecular formula is C23H33NO2S. The molecule has 0 amide bonds. The molecule has 0 spiro atoms. The number of fused-ring (bicyclic) bond motifs is 5. The van der Waals surface area contributed by atoms with Crippen molar-refractivity contribution in [2.45, 2.75) is 77.2 Å². The maximum Gasteiger partial charge on any atom is 0.194 e. The topological polar surface area (TPSA) is 50.2 Å². The van der Waals surface area contributed by atoms with Crippen LogP contribution in [0.3, 0.4) is 0 Å². The number of Topliss-reactive ketones (excluding diaryl/α,β-unsaturated/α-hetero) is 1. The largest absolute Gasteiger partial charge is 0.390 e. The van der Waals surface area contributed by atoms with Gasteiger partial charge in [0.25, 0.3) is 0 Å². The molecule has 5 rings (SSSR count). The third-order valence-electron chi connectivity index (χ3n) is 9.20. The van der Waals surface area contributed by atoms with Gasteiger partial charge in [0.15, 0.2) is 10.8 Å². The van der Waals surface area contributed by atoms with E-state index in [1.54, 1.807) is 6.20 Å². The fourth-order valence-electron chi connectivity index (χ4n) is 8.01. The molecule has 0 saturated heterocycles. The summed E-state index contributed by atoms with van der Waals surface area (Å²) in [6, 6.07) is 0. The zero-order valence-electron chi connectivity index (χ0n) is 16.7. The van der Waals surface area contributed by atoms with Gasteiger partial charge in [-0.25, -0.2) is 4.98 Å². The lowest BCUT2D eigenvalue weighted by Gasteiger charge is -2.56. The molecule has 1 N–H and O–H groups in total. The molecular weight excluding hydrogens is 354 g/mol. The van der Waals surface area contributed by atoms with Crippen molar-refractivity contribution in [3.63, 3.8) is 0 Å². The van der Waals surface area contributed by atoms with Crippen LogP contribution in [0.15, 0.2) is 11.6 Å². The van der Waals surface area contributed by atoms with Crippen LogP contribution in [-0.4, -0.2) is 21.5 Å². The summed E-state index contributed by atoms with van der Waals surface area (Å²) in [5, 5.41) is 13.2. The molecule has 4 aliphatic carbocycles. The number of aromatic nitrogens is 1. The second kappa shape index (κ2) is 6.38. The van der Waals surface area contributed by atoms with Gasteiger partial charge in [-0.15, -0.1) is 11.3 Å². The highest BCUT2D eigenvalue weighted by Gasteiger charge is 2.59. The Labute approximate surface area is 167 Å². The Hall–Kier alpha value is -0.740. The van der Waals surface area contributed by atoms with Crippen LogP contribution in [0.1, 0.15) is 81.4 Å². The number of rotatable bonds is 2. The predicted molar refractivity (Wildman–Crippen MR) is 108 cm³/mol. The minimum atomic E-state index is -0.435. The average molecular weight is 388 g/mol. The number of ketones is 1. The SMILES string of the molecule is C[C@@]1(O)CC[C@H]2[C@H](CC[C@@H]3[C@@H]2CC[C@]2(C)[C@@H](C(=O)c4nccs4)CC[C@@H]32)C1. The Morgan fingerprint density at radius 2 is 1.89 bits per heavy atom. The van der Waals surface area contributed by atoms with Crippen molar-refractivity contribution in [3.05, 3.63) is 16.6 Å². The van der Waals surface area contributed by atoms with Crippen molar-refractivity contribution in [1.29, 1.82) is 0 Å². The van der Waals surface area contributed by atoms with Crippen LogP contribution < -0.4 is 0 Å². The van der Waals surface area contributed by atoms with Gasteiger partial charge in [0.1, 0.15) is 0 Å². The van der Waals surface area contributed by atoms with Gasteiger partial charge in [-0.3, -0.25) is 4.79 Å². The lowest BCUT2D eigenvalue weighted by Crippen LogP contribution is -2.51. The first-order valence-corrected chi connectivity index (χ1v) is 11.9. The lowest BCUT2D eigenvalue weighted by atomic mass is 9.49. The summed E-state index contributed by atoms with van der Waals surface area (Å²) in [4.78, 5) is 17.5. The predicted octanol–water partition coefficient (Wildman–Crippen LogP) is 5.35. The standard InChI is InChI=1S/C23H33NO2S/c1-22(26)9-7-15-14(13-22)3-4-17-16(15)8-10-23(2)18(17)5-6-19(23)20(25)21-24-11-12-27-21/h11-12,14-19,26H,3-10,13H2,1-2H3/t14-,15+,16-,17-,18+,19-,22-,23+/m1/s1. The van der Waals surface area contributed by atoms with E-state index < -0.39 is 5.60 Å². The molecule has 1 aromatic rings. The van der Waals surface area contributed by atoms with Crippen molar-refractivity contribution in [2.24, 2.45) is 40.9 Å². The first kappa shape index (κ1) is 18.3. The highest BCUT2D eigenvalue weighted by molar-refractivity contribution is 7.11. The molecule has 1 aromatic heterocycles. The molecule has 27 heavy (non-hydrogen) atoms. The summed E-state index contributed by atoms with van der Waals surface area (Å²) in [6.07, 6.45) is 12.4. The highest BCUT2D eigenvalue weighted by Crippen LogP contribution is 2.64. The summed E-state index contributed by atoms with van der Waals surface area (Å²) >= 11 is 1.51. The Morgan fingerprint density at radius 1 is 1.07 bits per heavy atom. The third-order valence-corrected chi connectivity index (χ3v) is 9.98. The van der Waals surface area contributed by atoms with Crippen LogP contribution in [0.2, 0.25) is 0 Å². The molecule has 4 saturated carbocycles. The second-order valence-corrected chi connectivity index (χ2v) is 11.4. The summed E-state index contributed by atoms with van der Waals surface area (Å²) < 4.78 is 0. The van der Waals surface area contributed by atoms with Crippen LogP contribution in [-0.2, 0) is 0 Å². The molecule has 0 radical (unpaired) electrons. The molecule has 4 fully saturated rings. The van der Waals surface area contributed by atoms with E-state index in [2.05, 4.69) is 11.9 Å². The van der Waals surface area contributed by atoms with E-state index in [0.717, 1.165) is 47.9 Å². The third kappa shape index (κ3) is 2.85. The minimum Gasteiger partial charge on any atom is -0.390 e. The van der Waals surface area contributed by atoms with Gasteiger partial charge in [-0.1, -0.05) is 6.92 Å². The number of aliphatic hydroxyl groups is 1. The van der Waals surface area contributed by atoms with Gasteiger partial charge in [0.05, 0.1) is 5.60 Å². The molecule has 4 aliphatic rings. The Bertz CT molecular complexity index is 714. The van der Waals surface area contributed by atoms with E-state index in [-0.39, 0.29) is 11.3 Å². The van der Waals surface area contributed by atoms with Crippen LogP contribution in [0.25, 0.3) is 0 Å². The van der Waals surface area contributed by atoms with E-state index in [1.807, 2.05) is 12.3 Å². The van der Waals surface area contributed by atoms with Gasteiger partial charge in [-0.05, 0) is 99.7 Å². The zero-order valence-corrected chi connectivity index (χ0v) is 17.5.